The number of nitrogens with zero attached hydrogens (tertiary/aromatic N) is 1. The van der Waals surface area contributed by atoms with Crippen LogP contribution in [0.5, 0.6) is 5.75 Å². The van der Waals surface area contributed by atoms with Gasteiger partial charge in [0.25, 0.3) is 0 Å². The van der Waals surface area contributed by atoms with Crippen LogP contribution in [0.2, 0.25) is 10.0 Å². The number of carbonyl (C=O) groups excluding carboxylic acids is 1. The number of halogens is 2. The first-order valence-corrected chi connectivity index (χ1v) is 12.0. The minimum Gasteiger partial charge on any atom is -0.488 e. The molecular weight excluding hydrogens is 469 g/mol. The Bertz CT molecular complexity index is 1210. The molecule has 5 rings (SSSR count). The molecule has 2 heterocycles. The van der Waals surface area contributed by atoms with E-state index in [0.717, 1.165) is 52.2 Å². The highest BCUT2D eigenvalue weighted by molar-refractivity contribution is 6.31. The first kappa shape index (κ1) is 22.6. The summed E-state index contributed by atoms with van der Waals surface area (Å²) in [5.74, 6) is 0.880. The number of hydrogen-bond donors (Lipinski definition) is 2. The summed E-state index contributed by atoms with van der Waals surface area (Å²) in [7, 11) is 0. The summed E-state index contributed by atoms with van der Waals surface area (Å²) in [5.41, 5.74) is 8.74. The van der Waals surface area contributed by atoms with Gasteiger partial charge in [-0.25, -0.2) is 9.80 Å². The molecule has 0 aliphatic carbocycles. The molecule has 174 valence electrons. The minimum absolute atomic E-state index is 0.168. The zero-order chi connectivity index (χ0) is 23.9. The molecule has 0 aromatic heterocycles. The molecule has 2 aliphatic heterocycles. The molecule has 5 nitrogen and oxygen atoms in total. The van der Waals surface area contributed by atoms with Gasteiger partial charge in [0, 0.05) is 21.3 Å². The van der Waals surface area contributed by atoms with E-state index in [9.17, 15) is 4.79 Å². The average molecular weight is 494 g/mol. The highest BCUT2D eigenvalue weighted by Crippen LogP contribution is 2.35. The third-order valence-corrected chi connectivity index (χ3v) is 6.63. The molecule has 3 aromatic rings. The van der Waals surface area contributed by atoms with Gasteiger partial charge >= 0.3 is 6.03 Å². The lowest BCUT2D eigenvalue weighted by atomic mass is 9.94. The lowest BCUT2D eigenvalue weighted by Gasteiger charge is -2.32. The molecule has 0 saturated carbocycles. The van der Waals surface area contributed by atoms with Gasteiger partial charge in [-0.3, -0.25) is 5.43 Å². The summed E-state index contributed by atoms with van der Waals surface area (Å²) in [4.78, 5) is 13.2. The Balaban J connectivity index is 1.37. The molecule has 2 amide bonds. The van der Waals surface area contributed by atoms with Gasteiger partial charge in [-0.1, -0.05) is 47.5 Å². The smallest absolute Gasteiger partial charge is 0.340 e. The van der Waals surface area contributed by atoms with E-state index in [1.807, 2.05) is 66.7 Å². The molecule has 0 spiro atoms. The van der Waals surface area contributed by atoms with Crippen molar-refractivity contribution in [1.82, 2.24) is 10.4 Å². The zero-order valence-electron chi connectivity index (χ0n) is 19.0. The number of hydrogen-bond acceptors (Lipinski definition) is 3. The lowest BCUT2D eigenvalue weighted by Crippen LogP contribution is -2.40. The summed E-state index contributed by atoms with van der Waals surface area (Å²) >= 11 is 12.2. The predicted molar refractivity (Wildman–Crippen MR) is 138 cm³/mol. The first-order valence-electron chi connectivity index (χ1n) is 11.2. The summed E-state index contributed by atoms with van der Waals surface area (Å²) in [6, 6.07) is 20.7. The van der Waals surface area contributed by atoms with Crippen LogP contribution in [0.1, 0.15) is 37.0 Å². The van der Waals surface area contributed by atoms with Crippen LogP contribution in [0.25, 0.3) is 11.3 Å². The van der Waals surface area contributed by atoms with Gasteiger partial charge in [-0.15, -0.1) is 0 Å². The SMILES string of the molecule is CC1(C)CCc2cc(NC(=O)N3CC(c4ccc(Cl)cc4)=C(c4ccc(Cl)cc4)N3)ccc2O1. The molecule has 0 atom stereocenters. The summed E-state index contributed by atoms with van der Waals surface area (Å²) in [6.07, 6.45) is 1.85. The Hall–Kier alpha value is -3.15. The van der Waals surface area contributed by atoms with Gasteiger partial charge in [-0.05, 0) is 85.8 Å². The molecule has 2 N–H and O–H groups in total. The molecule has 3 aromatic carbocycles. The molecule has 0 radical (unpaired) electrons. The van der Waals surface area contributed by atoms with Crippen LogP contribution in [0, 0.1) is 0 Å². The van der Waals surface area contributed by atoms with Crippen LogP contribution >= 0.6 is 23.2 Å². The zero-order valence-corrected chi connectivity index (χ0v) is 20.5. The van der Waals surface area contributed by atoms with E-state index < -0.39 is 0 Å². The highest BCUT2D eigenvalue weighted by atomic mass is 35.5. The fourth-order valence-corrected chi connectivity index (χ4v) is 4.52. The molecular formula is C27H25Cl2N3O2. The second-order valence-electron chi connectivity index (χ2n) is 9.18. The number of amides is 2. The van der Waals surface area contributed by atoms with Crippen molar-refractivity contribution in [1.29, 1.82) is 0 Å². The largest absolute Gasteiger partial charge is 0.488 e. The second-order valence-corrected chi connectivity index (χ2v) is 10.1. The van der Waals surface area contributed by atoms with Gasteiger partial charge in [-0.2, -0.15) is 0 Å². The van der Waals surface area contributed by atoms with E-state index in [2.05, 4.69) is 24.6 Å². The number of anilines is 1. The summed E-state index contributed by atoms with van der Waals surface area (Å²) in [5, 5.41) is 5.92. The number of benzene rings is 3. The Labute approximate surface area is 209 Å². The Morgan fingerprint density at radius 1 is 0.971 bits per heavy atom. The maximum absolute atomic E-state index is 13.2. The number of aryl methyl sites for hydroxylation is 1. The van der Waals surface area contributed by atoms with Crippen LogP contribution in [-0.2, 0) is 6.42 Å². The second kappa shape index (κ2) is 8.90. The molecule has 0 bridgehead atoms. The third kappa shape index (κ3) is 4.72. The van der Waals surface area contributed by atoms with Crippen molar-refractivity contribution in [2.24, 2.45) is 0 Å². The average Bonchev–Trinajstić information content (AvgIpc) is 3.25. The minimum atomic E-state index is -0.243. The van der Waals surface area contributed by atoms with E-state index in [0.29, 0.717) is 16.6 Å². The van der Waals surface area contributed by atoms with Crippen LogP contribution in [0.4, 0.5) is 10.5 Å². The molecule has 0 unspecified atom stereocenters. The van der Waals surface area contributed by atoms with Crippen LogP contribution in [0.15, 0.2) is 66.7 Å². The van der Waals surface area contributed by atoms with E-state index in [-0.39, 0.29) is 11.6 Å². The number of ether oxygens (including phenoxy) is 1. The van der Waals surface area contributed by atoms with Crippen molar-refractivity contribution in [3.8, 4) is 5.75 Å². The van der Waals surface area contributed by atoms with Gasteiger partial charge in [0.15, 0.2) is 0 Å². The molecule has 2 aliphatic rings. The topological polar surface area (TPSA) is 53.6 Å². The fourth-order valence-electron chi connectivity index (χ4n) is 4.27. The molecule has 0 saturated heterocycles. The first-order chi connectivity index (χ1) is 16.3. The standard InChI is InChI=1S/C27H25Cl2N3O2/c1-27(2)14-13-19-15-22(11-12-24(19)34-27)30-26(33)32-16-23(17-3-7-20(28)8-4-17)25(31-32)18-5-9-21(29)10-6-18/h3-12,15,31H,13-14,16H2,1-2H3,(H,30,33). The number of rotatable bonds is 3. The van der Waals surface area contributed by atoms with Gasteiger partial charge in [0.1, 0.15) is 11.4 Å². The van der Waals surface area contributed by atoms with Crippen molar-refractivity contribution in [3.05, 3.63) is 93.5 Å². The van der Waals surface area contributed by atoms with Crippen LogP contribution in [0.3, 0.4) is 0 Å². The third-order valence-electron chi connectivity index (χ3n) is 6.13. The van der Waals surface area contributed by atoms with E-state index >= 15 is 0 Å². The van der Waals surface area contributed by atoms with Gasteiger partial charge < -0.3 is 10.1 Å². The Morgan fingerprint density at radius 3 is 2.29 bits per heavy atom. The predicted octanol–water partition coefficient (Wildman–Crippen LogP) is 7.02. The Morgan fingerprint density at radius 2 is 1.62 bits per heavy atom. The number of hydrazine groups is 1. The highest BCUT2D eigenvalue weighted by Gasteiger charge is 2.29. The van der Waals surface area contributed by atoms with Crippen molar-refractivity contribution < 1.29 is 9.53 Å². The monoisotopic (exact) mass is 493 g/mol. The van der Waals surface area contributed by atoms with Crippen LogP contribution in [-0.4, -0.2) is 23.2 Å². The summed E-state index contributed by atoms with van der Waals surface area (Å²) < 4.78 is 6.06. The molecule has 7 heteroatoms. The number of nitrogens with one attached hydrogen (secondary N) is 2. The van der Waals surface area contributed by atoms with E-state index in [1.54, 1.807) is 5.01 Å². The summed E-state index contributed by atoms with van der Waals surface area (Å²) in [6.45, 7) is 4.58. The van der Waals surface area contributed by atoms with Crippen molar-refractivity contribution in [3.63, 3.8) is 0 Å². The maximum atomic E-state index is 13.2. The van der Waals surface area contributed by atoms with Crippen molar-refractivity contribution >= 4 is 46.2 Å². The maximum Gasteiger partial charge on any atom is 0.340 e. The van der Waals surface area contributed by atoms with E-state index in [1.165, 1.54) is 0 Å². The van der Waals surface area contributed by atoms with Crippen molar-refractivity contribution in [2.45, 2.75) is 32.3 Å². The quantitative estimate of drug-likeness (QED) is 0.412. The van der Waals surface area contributed by atoms with Gasteiger partial charge in [0.05, 0.1) is 12.2 Å². The van der Waals surface area contributed by atoms with Crippen LogP contribution < -0.4 is 15.5 Å². The lowest BCUT2D eigenvalue weighted by molar-refractivity contribution is 0.0847. The fraction of sp³-hybridized carbons (Fsp3) is 0.222. The van der Waals surface area contributed by atoms with E-state index in [4.69, 9.17) is 27.9 Å². The normalized spacial score (nSPS) is 16.5. The molecule has 34 heavy (non-hydrogen) atoms. The molecule has 0 fully saturated rings. The van der Waals surface area contributed by atoms with Crippen molar-refractivity contribution in [2.75, 3.05) is 11.9 Å². The van der Waals surface area contributed by atoms with Gasteiger partial charge in [0.2, 0.25) is 0 Å². The number of fused-ring (bicyclic) bond motifs is 1. The Kier molecular flexibility index (Phi) is 5.92. The number of carbonyl (C=O) groups is 1. The number of urea groups is 1.